The van der Waals surface area contributed by atoms with E-state index in [1.165, 1.54) is 12.1 Å². The van der Waals surface area contributed by atoms with Crippen LogP contribution in [-0.4, -0.2) is 15.0 Å². The van der Waals surface area contributed by atoms with Crippen LogP contribution in [0.1, 0.15) is 0 Å². The van der Waals surface area contributed by atoms with E-state index in [-0.39, 0.29) is 5.02 Å². The number of H-pyrrole nitrogens is 1. The zero-order valence-electron chi connectivity index (χ0n) is 12.2. The highest BCUT2D eigenvalue weighted by atomic mass is 35.5. The van der Waals surface area contributed by atoms with Crippen LogP contribution >= 0.6 is 23.2 Å². The van der Waals surface area contributed by atoms with E-state index >= 15 is 0 Å². The van der Waals surface area contributed by atoms with Crippen LogP contribution in [0.25, 0.3) is 33.7 Å². The lowest BCUT2D eigenvalue weighted by molar-refractivity contribution is 0.630. The highest BCUT2D eigenvalue weighted by Crippen LogP contribution is 2.31. The van der Waals surface area contributed by atoms with Crippen LogP contribution in [0.15, 0.2) is 54.7 Å². The molecular formula is C18H10Cl2FN3. The first-order valence-corrected chi connectivity index (χ1v) is 7.93. The van der Waals surface area contributed by atoms with Crippen molar-refractivity contribution in [1.82, 2.24) is 15.0 Å². The van der Waals surface area contributed by atoms with Gasteiger partial charge in [0.25, 0.3) is 0 Å². The normalized spacial score (nSPS) is 11.1. The second-order valence-corrected chi connectivity index (χ2v) is 6.12. The topological polar surface area (TPSA) is 41.6 Å². The molecule has 118 valence electrons. The van der Waals surface area contributed by atoms with Gasteiger partial charge in [-0.05, 0) is 30.3 Å². The predicted molar refractivity (Wildman–Crippen MR) is 94.7 cm³/mol. The van der Waals surface area contributed by atoms with Gasteiger partial charge in [-0.3, -0.25) is 4.98 Å². The zero-order valence-corrected chi connectivity index (χ0v) is 13.7. The standard InChI is InChI=1S/C18H10Cl2FN3/c19-11-5-3-10(4-6-11)17-12(2-1-7-22-17)18-23-15-8-13(20)14(21)9-16(15)24-18/h1-9H,(H,23,24). The highest BCUT2D eigenvalue weighted by Gasteiger charge is 2.14. The molecule has 3 nitrogen and oxygen atoms in total. The molecule has 0 aliphatic heterocycles. The Kier molecular flexibility index (Phi) is 3.71. The Bertz CT molecular complexity index is 1000. The summed E-state index contributed by atoms with van der Waals surface area (Å²) < 4.78 is 13.6. The highest BCUT2D eigenvalue weighted by molar-refractivity contribution is 6.31. The smallest absolute Gasteiger partial charge is 0.144 e. The van der Waals surface area contributed by atoms with Crippen LogP contribution in [-0.2, 0) is 0 Å². The van der Waals surface area contributed by atoms with Gasteiger partial charge < -0.3 is 4.98 Å². The molecular weight excluding hydrogens is 348 g/mol. The first-order chi connectivity index (χ1) is 11.6. The Morgan fingerprint density at radius 1 is 1.00 bits per heavy atom. The fourth-order valence-corrected chi connectivity index (χ4v) is 2.85. The van der Waals surface area contributed by atoms with Gasteiger partial charge in [-0.2, -0.15) is 0 Å². The van der Waals surface area contributed by atoms with E-state index in [1.807, 2.05) is 36.4 Å². The van der Waals surface area contributed by atoms with Crippen molar-refractivity contribution in [3.8, 4) is 22.6 Å². The van der Waals surface area contributed by atoms with Gasteiger partial charge in [0.1, 0.15) is 11.6 Å². The average Bonchev–Trinajstić information content (AvgIpc) is 2.98. The molecule has 0 amide bonds. The van der Waals surface area contributed by atoms with E-state index in [9.17, 15) is 4.39 Å². The number of nitrogens with one attached hydrogen (secondary N) is 1. The molecule has 0 bridgehead atoms. The number of benzene rings is 2. The van der Waals surface area contributed by atoms with E-state index < -0.39 is 5.82 Å². The van der Waals surface area contributed by atoms with Crippen LogP contribution in [0.2, 0.25) is 10.0 Å². The van der Waals surface area contributed by atoms with E-state index in [0.717, 1.165) is 16.8 Å². The second-order valence-electron chi connectivity index (χ2n) is 5.28. The van der Waals surface area contributed by atoms with Crippen molar-refractivity contribution < 1.29 is 4.39 Å². The number of fused-ring (bicyclic) bond motifs is 1. The molecule has 2 aromatic heterocycles. The molecule has 24 heavy (non-hydrogen) atoms. The zero-order chi connectivity index (χ0) is 16.7. The van der Waals surface area contributed by atoms with Gasteiger partial charge in [0.2, 0.25) is 0 Å². The summed E-state index contributed by atoms with van der Waals surface area (Å²) in [4.78, 5) is 12.1. The summed E-state index contributed by atoms with van der Waals surface area (Å²) in [5.74, 6) is 0.119. The molecule has 0 saturated heterocycles. The quantitative estimate of drug-likeness (QED) is 0.497. The number of aromatic nitrogens is 3. The maximum atomic E-state index is 13.6. The minimum absolute atomic E-state index is 0.0460. The fraction of sp³-hybridized carbons (Fsp3) is 0. The maximum absolute atomic E-state index is 13.6. The molecule has 4 rings (SSSR count). The lowest BCUT2D eigenvalue weighted by Gasteiger charge is -2.06. The molecule has 0 aliphatic rings. The molecule has 0 atom stereocenters. The lowest BCUT2D eigenvalue weighted by Crippen LogP contribution is -1.90. The Morgan fingerprint density at radius 2 is 1.79 bits per heavy atom. The maximum Gasteiger partial charge on any atom is 0.144 e. The van der Waals surface area contributed by atoms with Crippen molar-refractivity contribution in [3.05, 3.63) is 70.6 Å². The number of aromatic amines is 1. The number of imidazole rings is 1. The molecule has 1 N–H and O–H groups in total. The molecule has 0 fully saturated rings. The van der Waals surface area contributed by atoms with E-state index in [2.05, 4.69) is 15.0 Å². The third kappa shape index (κ3) is 2.64. The SMILES string of the molecule is Fc1cc2[nH]c(-c3cccnc3-c3ccc(Cl)cc3)nc2cc1Cl. The van der Waals surface area contributed by atoms with E-state index in [0.29, 0.717) is 21.9 Å². The number of hydrogen-bond donors (Lipinski definition) is 1. The van der Waals surface area contributed by atoms with Crippen molar-refractivity contribution in [2.24, 2.45) is 0 Å². The summed E-state index contributed by atoms with van der Waals surface area (Å²) in [5, 5.41) is 0.703. The van der Waals surface area contributed by atoms with Crippen LogP contribution < -0.4 is 0 Å². The molecule has 2 aromatic carbocycles. The minimum atomic E-state index is -0.483. The van der Waals surface area contributed by atoms with Gasteiger partial charge >= 0.3 is 0 Å². The van der Waals surface area contributed by atoms with Gasteiger partial charge in [-0.25, -0.2) is 9.37 Å². The van der Waals surface area contributed by atoms with Crippen molar-refractivity contribution in [3.63, 3.8) is 0 Å². The van der Waals surface area contributed by atoms with Gasteiger partial charge in [0.05, 0.1) is 21.7 Å². The predicted octanol–water partition coefficient (Wildman–Crippen LogP) is 5.74. The molecule has 4 aromatic rings. The monoisotopic (exact) mass is 357 g/mol. The van der Waals surface area contributed by atoms with Crippen LogP contribution in [0.4, 0.5) is 4.39 Å². The number of nitrogens with zero attached hydrogens (tertiary/aromatic N) is 2. The minimum Gasteiger partial charge on any atom is -0.338 e. The van der Waals surface area contributed by atoms with Gasteiger partial charge in [0.15, 0.2) is 0 Å². The molecule has 2 heterocycles. The molecule has 6 heteroatoms. The molecule has 0 unspecified atom stereocenters. The van der Waals surface area contributed by atoms with E-state index in [4.69, 9.17) is 23.2 Å². The Balaban J connectivity index is 1.89. The molecule has 0 aliphatic carbocycles. The summed E-state index contributed by atoms with van der Waals surface area (Å²) >= 11 is 11.8. The number of halogens is 3. The van der Waals surface area contributed by atoms with Gasteiger partial charge in [-0.1, -0.05) is 35.3 Å². The number of rotatable bonds is 2. The Morgan fingerprint density at radius 3 is 2.58 bits per heavy atom. The van der Waals surface area contributed by atoms with Crippen molar-refractivity contribution in [1.29, 1.82) is 0 Å². The van der Waals surface area contributed by atoms with Crippen LogP contribution in [0.3, 0.4) is 0 Å². The number of hydrogen-bond acceptors (Lipinski definition) is 2. The average molecular weight is 358 g/mol. The first kappa shape index (κ1) is 15.1. The summed E-state index contributed by atoms with van der Waals surface area (Å²) in [6.45, 7) is 0. The van der Waals surface area contributed by atoms with Gasteiger partial charge in [-0.15, -0.1) is 0 Å². The first-order valence-electron chi connectivity index (χ1n) is 7.18. The molecule has 0 radical (unpaired) electrons. The van der Waals surface area contributed by atoms with Gasteiger partial charge in [0, 0.05) is 28.4 Å². The summed E-state index contributed by atoms with van der Waals surface area (Å²) in [6, 6.07) is 14.0. The van der Waals surface area contributed by atoms with Crippen molar-refractivity contribution in [2.75, 3.05) is 0 Å². The van der Waals surface area contributed by atoms with Crippen molar-refractivity contribution in [2.45, 2.75) is 0 Å². The third-order valence-corrected chi connectivity index (χ3v) is 4.25. The third-order valence-electron chi connectivity index (χ3n) is 3.70. The summed E-state index contributed by atoms with van der Waals surface area (Å²) in [6.07, 6.45) is 1.71. The van der Waals surface area contributed by atoms with Crippen LogP contribution in [0, 0.1) is 5.82 Å². The number of pyridine rings is 1. The lowest BCUT2D eigenvalue weighted by atomic mass is 10.1. The molecule has 0 spiro atoms. The molecule has 0 saturated carbocycles. The summed E-state index contributed by atoms with van der Waals surface area (Å²) in [7, 11) is 0. The Hall–Kier alpha value is -2.43. The summed E-state index contributed by atoms with van der Waals surface area (Å²) in [5.41, 5.74) is 3.67. The fourth-order valence-electron chi connectivity index (χ4n) is 2.57. The second kappa shape index (κ2) is 5.89. The van der Waals surface area contributed by atoms with E-state index in [1.54, 1.807) is 6.20 Å². The van der Waals surface area contributed by atoms with Crippen molar-refractivity contribution >= 4 is 34.2 Å². The largest absolute Gasteiger partial charge is 0.338 e. The Labute approximate surface area is 147 Å². The van der Waals surface area contributed by atoms with Crippen LogP contribution in [0.5, 0.6) is 0 Å².